The van der Waals surface area contributed by atoms with Gasteiger partial charge in [-0.1, -0.05) is 0 Å². The highest BCUT2D eigenvalue weighted by molar-refractivity contribution is 5.86. The zero-order chi connectivity index (χ0) is 25.3. The maximum atomic E-state index is 13.1. The predicted octanol–water partition coefficient (Wildman–Crippen LogP) is 5.30. The Hall–Kier alpha value is -3.65. The van der Waals surface area contributed by atoms with E-state index in [0.29, 0.717) is 22.9 Å². The summed E-state index contributed by atoms with van der Waals surface area (Å²) in [6.07, 6.45) is 2.49. The van der Waals surface area contributed by atoms with Crippen molar-refractivity contribution < 1.29 is 19.0 Å². The second-order valence-corrected chi connectivity index (χ2v) is 10.3. The molecule has 1 aliphatic rings. The van der Waals surface area contributed by atoms with Crippen LogP contribution in [0.15, 0.2) is 48.8 Å². The molecule has 0 spiro atoms. The van der Waals surface area contributed by atoms with E-state index in [-0.39, 0.29) is 11.9 Å². The molecule has 4 aromatic rings. The Morgan fingerprint density at radius 3 is 2.58 bits per heavy atom. The van der Waals surface area contributed by atoms with Crippen LogP contribution in [0.1, 0.15) is 39.3 Å². The molecule has 2 aromatic carbocycles. The minimum Gasteiger partial charge on any atom is -0.478 e. The molecule has 1 fully saturated rings. The molecule has 0 bridgehead atoms. The third-order valence-corrected chi connectivity index (χ3v) is 6.23. The average Bonchev–Trinajstić information content (AvgIpc) is 3.21. The molecule has 0 radical (unpaired) electrons. The molecule has 2 N–H and O–H groups in total. The minimum absolute atomic E-state index is 0.0769. The average molecular weight is 489 g/mol. The number of hydrogen-bond acceptors (Lipinski definition) is 7. The van der Waals surface area contributed by atoms with Gasteiger partial charge < -0.3 is 24.5 Å². The number of benzene rings is 2. The molecular formula is C28H32N4O4. The lowest BCUT2D eigenvalue weighted by atomic mass is 9.92. The summed E-state index contributed by atoms with van der Waals surface area (Å²) in [5.74, 6) is 1.45. The Kier molecular flexibility index (Phi) is 6.53. The van der Waals surface area contributed by atoms with E-state index in [2.05, 4.69) is 26.3 Å². The highest BCUT2D eigenvalue weighted by Gasteiger charge is 2.35. The maximum absolute atomic E-state index is 13.1. The summed E-state index contributed by atoms with van der Waals surface area (Å²) in [5, 5.41) is 5.17. The number of carbonyl (C=O) groups is 1. The molecule has 3 heterocycles. The van der Waals surface area contributed by atoms with Crippen LogP contribution >= 0.6 is 0 Å². The van der Waals surface area contributed by atoms with E-state index in [0.717, 1.165) is 47.9 Å². The van der Waals surface area contributed by atoms with Crippen molar-refractivity contribution in [3.05, 3.63) is 54.5 Å². The number of H-pyrrole nitrogens is 1. The van der Waals surface area contributed by atoms with Crippen LogP contribution in [0.3, 0.4) is 0 Å². The minimum atomic E-state index is -0.683. The predicted molar refractivity (Wildman–Crippen MR) is 139 cm³/mol. The van der Waals surface area contributed by atoms with Gasteiger partial charge in [-0.3, -0.25) is 0 Å². The monoisotopic (exact) mass is 488 g/mol. The highest BCUT2D eigenvalue weighted by Crippen LogP contribution is 2.32. The summed E-state index contributed by atoms with van der Waals surface area (Å²) in [6.45, 7) is 9.34. The van der Waals surface area contributed by atoms with Crippen LogP contribution in [-0.4, -0.2) is 45.7 Å². The van der Waals surface area contributed by atoms with Gasteiger partial charge in [-0.25, -0.2) is 14.8 Å². The molecule has 36 heavy (non-hydrogen) atoms. The van der Waals surface area contributed by atoms with Crippen LogP contribution in [0.5, 0.6) is 17.4 Å². The van der Waals surface area contributed by atoms with Crippen molar-refractivity contribution in [2.24, 2.45) is 5.92 Å². The fraction of sp³-hybridized carbons (Fsp3) is 0.393. The van der Waals surface area contributed by atoms with E-state index in [4.69, 9.17) is 14.2 Å². The van der Waals surface area contributed by atoms with Crippen LogP contribution in [0.4, 0.5) is 0 Å². The summed E-state index contributed by atoms with van der Waals surface area (Å²) < 4.78 is 18.1. The van der Waals surface area contributed by atoms with E-state index < -0.39 is 11.7 Å². The van der Waals surface area contributed by atoms with Gasteiger partial charge in [-0.15, -0.1) is 0 Å². The highest BCUT2D eigenvalue weighted by atomic mass is 16.6. The number of aromatic nitrogens is 3. The van der Waals surface area contributed by atoms with E-state index in [9.17, 15) is 4.79 Å². The quantitative estimate of drug-likeness (QED) is 0.355. The Morgan fingerprint density at radius 2 is 1.81 bits per heavy atom. The third-order valence-electron chi connectivity index (χ3n) is 6.23. The molecule has 0 amide bonds. The summed E-state index contributed by atoms with van der Waals surface area (Å²) >= 11 is 0. The number of ether oxygens (including phenoxy) is 3. The molecule has 1 unspecified atom stereocenters. The summed E-state index contributed by atoms with van der Waals surface area (Å²) in [5.41, 5.74) is 2.24. The second-order valence-electron chi connectivity index (χ2n) is 10.3. The van der Waals surface area contributed by atoms with Crippen molar-refractivity contribution in [1.29, 1.82) is 0 Å². The van der Waals surface area contributed by atoms with Crippen molar-refractivity contribution in [2.45, 2.75) is 52.2 Å². The van der Waals surface area contributed by atoms with Crippen LogP contribution in [-0.2, 0) is 9.53 Å². The molecule has 8 nitrogen and oxygen atoms in total. The number of nitrogens with zero attached hydrogens (tertiary/aromatic N) is 2. The number of aromatic amines is 1. The Bertz CT molecular complexity index is 1390. The Morgan fingerprint density at radius 1 is 1.03 bits per heavy atom. The van der Waals surface area contributed by atoms with Crippen molar-refractivity contribution in [1.82, 2.24) is 20.3 Å². The zero-order valence-corrected chi connectivity index (χ0v) is 21.1. The van der Waals surface area contributed by atoms with E-state index in [1.165, 1.54) is 6.33 Å². The number of rotatable bonds is 6. The van der Waals surface area contributed by atoms with Gasteiger partial charge in [0.15, 0.2) is 6.10 Å². The van der Waals surface area contributed by atoms with Crippen LogP contribution in [0.2, 0.25) is 0 Å². The Labute approximate surface area is 210 Å². The smallest absolute Gasteiger partial charge is 0.348 e. The standard InChI is InChI=1S/C28H32N4O4/c1-17-13-19-14-20(6-8-23(19)32-17)35-26-22-7-5-21(15-24(22)30-16-31-26)34-25(18-9-11-29-12-10-18)27(33)36-28(2,3)4/h5-8,13-16,18,25,29,32H,9-12H2,1-4H3. The van der Waals surface area contributed by atoms with Crippen molar-refractivity contribution >= 4 is 27.8 Å². The molecule has 188 valence electrons. The van der Waals surface area contributed by atoms with Crippen LogP contribution < -0.4 is 14.8 Å². The van der Waals surface area contributed by atoms with E-state index >= 15 is 0 Å². The molecule has 5 rings (SSSR count). The van der Waals surface area contributed by atoms with Crippen LogP contribution in [0, 0.1) is 12.8 Å². The first kappa shape index (κ1) is 24.1. The lowest BCUT2D eigenvalue weighted by Crippen LogP contribution is -2.44. The first-order chi connectivity index (χ1) is 17.2. The maximum Gasteiger partial charge on any atom is 0.348 e. The molecule has 1 atom stereocenters. The number of aryl methyl sites for hydroxylation is 1. The molecule has 2 aromatic heterocycles. The largest absolute Gasteiger partial charge is 0.478 e. The topological polar surface area (TPSA) is 98.4 Å². The van der Waals surface area contributed by atoms with Gasteiger partial charge in [-0.05, 0) is 90.0 Å². The Balaban J connectivity index is 1.40. The van der Waals surface area contributed by atoms with Crippen LogP contribution in [0.25, 0.3) is 21.8 Å². The SMILES string of the molecule is Cc1cc2cc(Oc3ncnc4cc(OC(C(=O)OC(C)(C)C)C5CCNCC5)ccc34)ccc2[nH]1. The van der Waals surface area contributed by atoms with E-state index in [1.54, 1.807) is 0 Å². The van der Waals surface area contributed by atoms with E-state index in [1.807, 2.05) is 64.1 Å². The number of nitrogens with one attached hydrogen (secondary N) is 2. The van der Waals surface area contributed by atoms with Gasteiger partial charge in [0.1, 0.15) is 23.4 Å². The number of carbonyl (C=O) groups excluding carboxylic acids is 1. The zero-order valence-electron chi connectivity index (χ0n) is 21.1. The van der Waals surface area contributed by atoms with Gasteiger partial charge in [0, 0.05) is 28.6 Å². The van der Waals surface area contributed by atoms with Gasteiger partial charge in [0.05, 0.1) is 10.9 Å². The molecule has 1 aliphatic heterocycles. The number of piperidine rings is 1. The fourth-order valence-electron chi connectivity index (χ4n) is 4.59. The second kappa shape index (κ2) is 9.78. The van der Waals surface area contributed by atoms with Crippen molar-refractivity contribution in [3.8, 4) is 17.4 Å². The number of esters is 1. The summed E-state index contributed by atoms with van der Waals surface area (Å²) in [4.78, 5) is 25.2. The number of fused-ring (bicyclic) bond motifs is 2. The van der Waals surface area contributed by atoms with Crippen molar-refractivity contribution in [2.75, 3.05) is 13.1 Å². The number of hydrogen-bond donors (Lipinski definition) is 2. The lowest BCUT2D eigenvalue weighted by Gasteiger charge is -2.31. The lowest BCUT2D eigenvalue weighted by molar-refractivity contribution is -0.166. The fourth-order valence-corrected chi connectivity index (χ4v) is 4.59. The van der Waals surface area contributed by atoms with Crippen molar-refractivity contribution in [3.63, 3.8) is 0 Å². The van der Waals surface area contributed by atoms with Gasteiger partial charge in [0.25, 0.3) is 0 Å². The molecule has 1 saturated heterocycles. The molecular weight excluding hydrogens is 456 g/mol. The van der Waals surface area contributed by atoms with Gasteiger partial charge in [-0.2, -0.15) is 0 Å². The normalized spacial score (nSPS) is 15.7. The summed E-state index contributed by atoms with van der Waals surface area (Å²) in [7, 11) is 0. The van der Waals surface area contributed by atoms with Gasteiger partial charge >= 0.3 is 5.97 Å². The first-order valence-electron chi connectivity index (χ1n) is 12.4. The third kappa shape index (κ3) is 5.44. The first-order valence-corrected chi connectivity index (χ1v) is 12.4. The molecule has 8 heteroatoms. The molecule has 0 saturated carbocycles. The van der Waals surface area contributed by atoms with Gasteiger partial charge in [0.2, 0.25) is 5.88 Å². The molecule has 0 aliphatic carbocycles. The summed E-state index contributed by atoms with van der Waals surface area (Å²) in [6, 6.07) is 13.5.